The topological polar surface area (TPSA) is 72.8 Å². The Bertz CT molecular complexity index is 221. The van der Waals surface area contributed by atoms with E-state index >= 15 is 0 Å². The molecule has 0 aromatic rings. The van der Waals surface area contributed by atoms with E-state index in [1.165, 1.54) is 13.8 Å². The van der Waals surface area contributed by atoms with Crippen molar-refractivity contribution >= 4 is 11.9 Å². The third-order valence-corrected chi connectivity index (χ3v) is 1.90. The highest BCUT2D eigenvalue weighted by molar-refractivity contribution is 5.80. The lowest BCUT2D eigenvalue weighted by Crippen LogP contribution is -2.49. The third kappa shape index (κ3) is 2.99. The van der Waals surface area contributed by atoms with Gasteiger partial charge in [-0.25, -0.2) is 4.79 Å². The van der Waals surface area contributed by atoms with E-state index in [1.54, 1.807) is 6.92 Å². The molecule has 82 valence electrons. The van der Waals surface area contributed by atoms with E-state index < -0.39 is 23.6 Å². The zero-order valence-corrected chi connectivity index (χ0v) is 8.86. The number of methoxy groups -OCH3 is 1. The highest BCUT2D eigenvalue weighted by Gasteiger charge is 2.41. The van der Waals surface area contributed by atoms with Crippen LogP contribution in [-0.2, 0) is 19.1 Å². The van der Waals surface area contributed by atoms with E-state index in [0.717, 1.165) is 7.11 Å². The maximum Gasteiger partial charge on any atom is 0.341 e. The van der Waals surface area contributed by atoms with Crippen molar-refractivity contribution in [2.75, 3.05) is 7.11 Å². The molecule has 14 heavy (non-hydrogen) atoms. The van der Waals surface area contributed by atoms with E-state index in [1.807, 2.05) is 0 Å². The molecule has 2 atom stereocenters. The monoisotopic (exact) mass is 204 g/mol. The van der Waals surface area contributed by atoms with Gasteiger partial charge in [-0.2, -0.15) is 0 Å². The Morgan fingerprint density at radius 3 is 2.29 bits per heavy atom. The summed E-state index contributed by atoms with van der Waals surface area (Å²) < 4.78 is 9.20. The Morgan fingerprint density at radius 2 is 2.00 bits per heavy atom. The highest BCUT2D eigenvalue weighted by Crippen LogP contribution is 2.18. The molecule has 5 nitrogen and oxygen atoms in total. The van der Waals surface area contributed by atoms with E-state index in [2.05, 4.69) is 4.74 Å². The predicted molar refractivity (Wildman–Crippen MR) is 48.5 cm³/mol. The summed E-state index contributed by atoms with van der Waals surface area (Å²) in [6.45, 7) is 4.18. The second-order valence-electron chi connectivity index (χ2n) is 3.15. The Kier molecular flexibility index (Phi) is 4.56. The number of carbonyl (C=O) groups excluding carboxylic acids is 2. The maximum absolute atomic E-state index is 11.2. The summed E-state index contributed by atoms with van der Waals surface area (Å²) in [7, 11) is 1.16. The first kappa shape index (κ1) is 12.9. The molecule has 1 N–H and O–H groups in total. The van der Waals surface area contributed by atoms with Crippen molar-refractivity contribution in [2.45, 2.75) is 38.9 Å². The van der Waals surface area contributed by atoms with Crippen LogP contribution in [0.5, 0.6) is 0 Å². The van der Waals surface area contributed by atoms with Gasteiger partial charge in [-0.3, -0.25) is 4.79 Å². The lowest BCUT2D eigenvalue weighted by molar-refractivity contribution is -0.182. The molecule has 0 saturated heterocycles. The van der Waals surface area contributed by atoms with Crippen LogP contribution in [0, 0.1) is 0 Å². The first-order valence-electron chi connectivity index (χ1n) is 4.34. The molecule has 0 rings (SSSR count). The van der Waals surface area contributed by atoms with Gasteiger partial charge < -0.3 is 14.6 Å². The van der Waals surface area contributed by atoms with Gasteiger partial charge in [0.15, 0.2) is 5.60 Å². The van der Waals surface area contributed by atoms with Gasteiger partial charge >= 0.3 is 11.9 Å². The van der Waals surface area contributed by atoms with Crippen LogP contribution in [0.3, 0.4) is 0 Å². The summed E-state index contributed by atoms with van der Waals surface area (Å²) in [6, 6.07) is 0. The summed E-state index contributed by atoms with van der Waals surface area (Å²) in [5.74, 6) is -1.35. The summed E-state index contributed by atoms with van der Waals surface area (Å²) in [4.78, 5) is 21.8. The quantitative estimate of drug-likeness (QED) is 0.664. The van der Waals surface area contributed by atoms with Gasteiger partial charge in [0, 0.05) is 6.92 Å². The molecule has 0 aliphatic rings. The average molecular weight is 204 g/mol. The Morgan fingerprint density at radius 1 is 1.50 bits per heavy atom. The number of esters is 2. The number of ether oxygens (including phenoxy) is 2. The molecule has 0 unspecified atom stereocenters. The van der Waals surface area contributed by atoms with E-state index in [9.17, 15) is 14.7 Å². The van der Waals surface area contributed by atoms with Crippen molar-refractivity contribution in [3.63, 3.8) is 0 Å². The molecule has 0 fully saturated rings. The van der Waals surface area contributed by atoms with E-state index in [-0.39, 0.29) is 0 Å². The first-order chi connectivity index (χ1) is 6.36. The number of hydrogen-bond donors (Lipinski definition) is 1. The fraction of sp³-hybridized carbons (Fsp3) is 0.778. The minimum Gasteiger partial charge on any atom is -0.467 e. The van der Waals surface area contributed by atoms with Crippen LogP contribution in [0.4, 0.5) is 0 Å². The highest BCUT2D eigenvalue weighted by atomic mass is 16.6. The van der Waals surface area contributed by atoms with Crippen LogP contribution in [0.2, 0.25) is 0 Å². The molecule has 0 aliphatic carbocycles. The predicted octanol–water partition coefficient (Wildman–Crippen LogP) is 0.252. The van der Waals surface area contributed by atoms with Crippen molar-refractivity contribution < 1.29 is 24.2 Å². The van der Waals surface area contributed by atoms with Gasteiger partial charge in [0.25, 0.3) is 0 Å². The first-order valence-corrected chi connectivity index (χ1v) is 4.34. The Labute approximate surface area is 83.0 Å². The minimum absolute atomic E-state index is 0.335. The fourth-order valence-corrected chi connectivity index (χ4v) is 1.13. The van der Waals surface area contributed by atoms with Crippen LogP contribution >= 0.6 is 0 Å². The van der Waals surface area contributed by atoms with Gasteiger partial charge in [-0.15, -0.1) is 0 Å². The van der Waals surface area contributed by atoms with Gasteiger partial charge in [-0.05, 0) is 13.3 Å². The summed E-state index contributed by atoms with van der Waals surface area (Å²) in [5, 5.41) is 9.74. The van der Waals surface area contributed by atoms with Crippen molar-refractivity contribution in [1.29, 1.82) is 0 Å². The van der Waals surface area contributed by atoms with Crippen molar-refractivity contribution in [1.82, 2.24) is 0 Å². The number of carbonyl (C=O) groups is 2. The molecule has 0 amide bonds. The van der Waals surface area contributed by atoms with Gasteiger partial charge in [-0.1, -0.05) is 6.92 Å². The smallest absolute Gasteiger partial charge is 0.341 e. The molecule has 0 aromatic carbocycles. The van der Waals surface area contributed by atoms with Crippen molar-refractivity contribution in [3.8, 4) is 0 Å². The lowest BCUT2D eigenvalue weighted by atomic mass is 9.97. The molecular weight excluding hydrogens is 188 g/mol. The van der Waals surface area contributed by atoms with Crippen LogP contribution in [0.1, 0.15) is 27.2 Å². The molecule has 0 saturated carbocycles. The second kappa shape index (κ2) is 4.95. The van der Waals surface area contributed by atoms with E-state index in [4.69, 9.17) is 4.74 Å². The summed E-state index contributed by atoms with van der Waals surface area (Å²) >= 11 is 0. The minimum atomic E-state index is -1.80. The third-order valence-electron chi connectivity index (χ3n) is 1.90. The van der Waals surface area contributed by atoms with Crippen molar-refractivity contribution in [2.24, 2.45) is 0 Å². The van der Waals surface area contributed by atoms with Gasteiger partial charge in [0.2, 0.25) is 0 Å². The number of hydrogen-bond acceptors (Lipinski definition) is 5. The largest absolute Gasteiger partial charge is 0.467 e. The van der Waals surface area contributed by atoms with Gasteiger partial charge in [0.1, 0.15) is 6.10 Å². The lowest BCUT2D eigenvalue weighted by Gasteiger charge is -2.28. The Hall–Kier alpha value is -1.10. The van der Waals surface area contributed by atoms with Gasteiger partial charge in [0.05, 0.1) is 7.11 Å². The zero-order valence-electron chi connectivity index (χ0n) is 8.86. The Balaban J connectivity index is 4.64. The maximum atomic E-state index is 11.2. The molecule has 0 aliphatic heterocycles. The van der Waals surface area contributed by atoms with Crippen LogP contribution < -0.4 is 0 Å². The number of aliphatic hydroxyl groups is 1. The fourth-order valence-electron chi connectivity index (χ4n) is 1.13. The van der Waals surface area contributed by atoms with E-state index in [0.29, 0.717) is 6.42 Å². The zero-order chi connectivity index (χ0) is 11.4. The molecule has 0 radical (unpaired) electrons. The summed E-state index contributed by atoms with van der Waals surface area (Å²) in [5.41, 5.74) is -1.80. The van der Waals surface area contributed by atoms with Crippen LogP contribution in [0.15, 0.2) is 0 Å². The summed E-state index contributed by atoms with van der Waals surface area (Å²) in [6.07, 6.45) is -0.547. The molecule has 0 spiro atoms. The van der Waals surface area contributed by atoms with Crippen molar-refractivity contribution in [3.05, 3.63) is 0 Å². The molecule has 0 heterocycles. The average Bonchev–Trinajstić information content (AvgIpc) is 2.12. The SMILES string of the molecule is CC[C@@H](OC(C)=O)[C@@](C)(O)C(=O)OC. The number of rotatable bonds is 4. The molecular formula is C9H16O5. The van der Waals surface area contributed by atoms with Crippen LogP contribution in [0.25, 0.3) is 0 Å². The molecule has 0 bridgehead atoms. The standard InChI is InChI=1S/C9H16O5/c1-5-7(14-6(2)10)9(3,12)8(11)13-4/h7,12H,5H2,1-4H3/t7-,9-/m1/s1. The van der Waals surface area contributed by atoms with Crippen LogP contribution in [-0.4, -0.2) is 35.9 Å². The molecule has 5 heteroatoms. The second-order valence-corrected chi connectivity index (χ2v) is 3.15. The normalized spacial score (nSPS) is 16.6. The molecule has 0 aromatic heterocycles.